The molecule has 1 atom stereocenters. The van der Waals surface area contributed by atoms with Crippen molar-refractivity contribution in [3.8, 4) is 5.75 Å². The van der Waals surface area contributed by atoms with Crippen molar-refractivity contribution in [2.24, 2.45) is 0 Å². The van der Waals surface area contributed by atoms with Crippen molar-refractivity contribution in [3.63, 3.8) is 0 Å². The van der Waals surface area contributed by atoms with Crippen LogP contribution < -0.4 is 4.74 Å². The first-order valence-electron chi connectivity index (χ1n) is 7.95. The highest BCUT2D eigenvalue weighted by Gasteiger charge is 2.25. The van der Waals surface area contributed by atoms with Crippen LogP contribution in [0.1, 0.15) is 18.4 Å². The van der Waals surface area contributed by atoms with Gasteiger partial charge in [0.05, 0.1) is 13.7 Å². The SMILES string of the molecule is COc1ccc2[nH]cc(CC3CCCN3CCOC(F)F)c2c1. The first kappa shape index (κ1) is 16.2. The van der Waals surface area contributed by atoms with Gasteiger partial charge in [0.2, 0.25) is 0 Å². The molecule has 0 aliphatic carbocycles. The molecule has 1 N–H and O–H groups in total. The molecule has 6 heteroatoms. The molecule has 0 radical (unpaired) electrons. The zero-order valence-electron chi connectivity index (χ0n) is 13.2. The topological polar surface area (TPSA) is 37.5 Å². The Morgan fingerprint density at radius 1 is 1.39 bits per heavy atom. The lowest BCUT2D eigenvalue weighted by molar-refractivity contribution is -0.132. The van der Waals surface area contributed by atoms with E-state index in [0.717, 1.165) is 37.1 Å². The monoisotopic (exact) mass is 324 g/mol. The zero-order valence-corrected chi connectivity index (χ0v) is 13.2. The van der Waals surface area contributed by atoms with Crippen LogP contribution in [0, 0.1) is 0 Å². The number of rotatable bonds is 7. The molecule has 1 aliphatic heterocycles. The van der Waals surface area contributed by atoms with Gasteiger partial charge in [-0.25, -0.2) is 0 Å². The molecule has 1 fully saturated rings. The molecule has 0 amide bonds. The van der Waals surface area contributed by atoms with Gasteiger partial charge < -0.3 is 14.5 Å². The number of likely N-dealkylation sites (tertiary alicyclic amines) is 1. The molecular weight excluding hydrogens is 302 g/mol. The Hall–Kier alpha value is -1.66. The summed E-state index contributed by atoms with van der Waals surface area (Å²) >= 11 is 0. The van der Waals surface area contributed by atoms with Crippen LogP contribution in [0.25, 0.3) is 10.9 Å². The molecule has 0 saturated carbocycles. The highest BCUT2D eigenvalue weighted by molar-refractivity contribution is 5.84. The van der Waals surface area contributed by atoms with Crippen LogP contribution in [0.2, 0.25) is 0 Å². The summed E-state index contributed by atoms with van der Waals surface area (Å²) in [5, 5.41) is 1.17. The molecule has 4 nitrogen and oxygen atoms in total. The molecule has 23 heavy (non-hydrogen) atoms. The van der Waals surface area contributed by atoms with Crippen molar-refractivity contribution in [1.29, 1.82) is 0 Å². The van der Waals surface area contributed by atoms with Gasteiger partial charge in [0.1, 0.15) is 5.75 Å². The summed E-state index contributed by atoms with van der Waals surface area (Å²) in [5.74, 6) is 0.840. The number of aromatic nitrogens is 1. The summed E-state index contributed by atoms with van der Waals surface area (Å²) in [6, 6.07) is 6.37. The van der Waals surface area contributed by atoms with Crippen LogP contribution in [0.4, 0.5) is 8.78 Å². The fourth-order valence-electron chi connectivity index (χ4n) is 3.39. The van der Waals surface area contributed by atoms with Crippen LogP contribution in [0.3, 0.4) is 0 Å². The van der Waals surface area contributed by atoms with Gasteiger partial charge in [-0.15, -0.1) is 0 Å². The maximum absolute atomic E-state index is 12.1. The number of ether oxygens (including phenoxy) is 2. The maximum atomic E-state index is 12.1. The average Bonchev–Trinajstić information content (AvgIpc) is 3.14. The van der Waals surface area contributed by atoms with E-state index in [4.69, 9.17) is 4.74 Å². The zero-order chi connectivity index (χ0) is 16.2. The van der Waals surface area contributed by atoms with Crippen molar-refractivity contribution < 1.29 is 18.3 Å². The minimum atomic E-state index is -2.68. The quantitative estimate of drug-likeness (QED) is 0.848. The highest BCUT2D eigenvalue weighted by Crippen LogP contribution is 2.28. The number of benzene rings is 1. The summed E-state index contributed by atoms with van der Waals surface area (Å²) in [6.45, 7) is -1.10. The molecule has 2 heterocycles. The molecule has 0 bridgehead atoms. The normalized spacial score (nSPS) is 19.0. The van der Waals surface area contributed by atoms with Gasteiger partial charge >= 0.3 is 6.61 Å². The van der Waals surface area contributed by atoms with E-state index in [2.05, 4.69) is 14.6 Å². The number of methoxy groups -OCH3 is 1. The molecule has 1 aliphatic rings. The number of hydrogen-bond donors (Lipinski definition) is 1. The average molecular weight is 324 g/mol. The van der Waals surface area contributed by atoms with E-state index >= 15 is 0 Å². The van der Waals surface area contributed by atoms with Crippen molar-refractivity contribution >= 4 is 10.9 Å². The van der Waals surface area contributed by atoms with Crippen LogP contribution in [0.15, 0.2) is 24.4 Å². The van der Waals surface area contributed by atoms with Gasteiger partial charge in [0.25, 0.3) is 0 Å². The molecule has 1 saturated heterocycles. The molecule has 3 rings (SSSR count). The third-order valence-corrected chi connectivity index (χ3v) is 4.55. The summed E-state index contributed by atoms with van der Waals surface area (Å²) in [5.41, 5.74) is 2.33. The largest absolute Gasteiger partial charge is 0.497 e. The number of aromatic amines is 1. The number of fused-ring (bicyclic) bond motifs is 1. The Morgan fingerprint density at radius 3 is 3.04 bits per heavy atom. The van der Waals surface area contributed by atoms with Crippen molar-refractivity contribution in [2.45, 2.75) is 31.9 Å². The van der Waals surface area contributed by atoms with E-state index in [1.807, 2.05) is 24.4 Å². The fraction of sp³-hybridized carbons (Fsp3) is 0.529. The van der Waals surface area contributed by atoms with Crippen LogP contribution in [-0.4, -0.2) is 49.3 Å². The smallest absolute Gasteiger partial charge is 0.345 e. The van der Waals surface area contributed by atoms with E-state index in [9.17, 15) is 8.78 Å². The second-order valence-corrected chi connectivity index (χ2v) is 5.89. The summed E-state index contributed by atoms with van der Waals surface area (Å²) in [4.78, 5) is 5.54. The van der Waals surface area contributed by atoms with E-state index in [0.29, 0.717) is 12.6 Å². The third-order valence-electron chi connectivity index (χ3n) is 4.55. The van der Waals surface area contributed by atoms with Gasteiger partial charge in [0.15, 0.2) is 0 Å². The standard InChI is InChI=1S/C17H22F2N2O2/c1-22-14-4-5-16-15(10-14)12(11-20-16)9-13-3-2-6-21(13)7-8-23-17(18)19/h4-5,10-11,13,17,20H,2-3,6-9H2,1H3. The van der Waals surface area contributed by atoms with Gasteiger partial charge in [0, 0.05) is 29.7 Å². The lowest BCUT2D eigenvalue weighted by Crippen LogP contribution is -2.34. The van der Waals surface area contributed by atoms with E-state index in [-0.39, 0.29) is 6.61 Å². The lowest BCUT2D eigenvalue weighted by atomic mass is 10.0. The lowest BCUT2D eigenvalue weighted by Gasteiger charge is -2.24. The molecule has 1 aromatic heterocycles. The molecule has 2 aromatic rings. The minimum absolute atomic E-state index is 0.0792. The number of hydrogen-bond acceptors (Lipinski definition) is 3. The predicted octanol–water partition coefficient (Wildman–Crippen LogP) is 3.42. The number of nitrogens with zero attached hydrogens (tertiary/aromatic N) is 1. The van der Waals surface area contributed by atoms with Gasteiger partial charge in [-0.3, -0.25) is 4.90 Å². The Morgan fingerprint density at radius 2 is 2.26 bits per heavy atom. The Balaban J connectivity index is 1.68. The molecule has 1 unspecified atom stereocenters. The van der Waals surface area contributed by atoms with Crippen molar-refractivity contribution in [1.82, 2.24) is 9.88 Å². The number of halogens is 2. The van der Waals surface area contributed by atoms with Crippen molar-refractivity contribution in [2.75, 3.05) is 26.8 Å². The molecule has 1 aromatic carbocycles. The van der Waals surface area contributed by atoms with Crippen LogP contribution in [0.5, 0.6) is 5.75 Å². The van der Waals surface area contributed by atoms with E-state index in [1.54, 1.807) is 7.11 Å². The number of alkyl halides is 2. The fourth-order valence-corrected chi connectivity index (χ4v) is 3.39. The number of H-pyrrole nitrogens is 1. The van der Waals surface area contributed by atoms with E-state index in [1.165, 1.54) is 10.9 Å². The van der Waals surface area contributed by atoms with Crippen LogP contribution >= 0.6 is 0 Å². The highest BCUT2D eigenvalue weighted by atomic mass is 19.3. The second kappa shape index (κ2) is 7.27. The first-order valence-corrected chi connectivity index (χ1v) is 7.95. The summed E-state index contributed by atoms with van der Waals surface area (Å²) < 4.78 is 33.9. The van der Waals surface area contributed by atoms with Gasteiger partial charge in [-0.2, -0.15) is 8.78 Å². The predicted molar refractivity (Wildman–Crippen MR) is 85.1 cm³/mol. The molecular formula is C17H22F2N2O2. The Kier molecular flexibility index (Phi) is 5.13. The van der Waals surface area contributed by atoms with Gasteiger partial charge in [-0.05, 0) is 49.6 Å². The van der Waals surface area contributed by atoms with Gasteiger partial charge in [-0.1, -0.05) is 0 Å². The van der Waals surface area contributed by atoms with Crippen LogP contribution in [-0.2, 0) is 11.2 Å². The molecule has 126 valence electrons. The Labute approximate surface area is 134 Å². The number of nitrogens with one attached hydrogen (secondary N) is 1. The Bertz CT molecular complexity index is 645. The molecule has 0 spiro atoms. The van der Waals surface area contributed by atoms with E-state index < -0.39 is 6.61 Å². The summed E-state index contributed by atoms with van der Waals surface area (Å²) in [7, 11) is 1.66. The first-order chi connectivity index (χ1) is 11.2. The third kappa shape index (κ3) is 3.82. The summed E-state index contributed by atoms with van der Waals surface area (Å²) in [6.07, 6.45) is 5.13. The minimum Gasteiger partial charge on any atom is -0.497 e. The second-order valence-electron chi connectivity index (χ2n) is 5.89. The maximum Gasteiger partial charge on any atom is 0.345 e. The van der Waals surface area contributed by atoms with Crippen molar-refractivity contribution in [3.05, 3.63) is 30.0 Å².